The number of halogens is 1. The van der Waals surface area contributed by atoms with Crippen molar-refractivity contribution in [3.8, 4) is 0 Å². The van der Waals surface area contributed by atoms with E-state index in [9.17, 15) is 4.39 Å². The predicted octanol–water partition coefficient (Wildman–Crippen LogP) is 2.62. The summed E-state index contributed by atoms with van der Waals surface area (Å²) >= 11 is 0. The van der Waals surface area contributed by atoms with Crippen LogP contribution in [-0.4, -0.2) is 6.67 Å². The number of alkyl halides is 1. The van der Waals surface area contributed by atoms with E-state index in [2.05, 4.69) is 6.92 Å². The van der Waals surface area contributed by atoms with Crippen LogP contribution >= 0.6 is 0 Å². The minimum absolute atomic E-state index is 0.274. The smallest absolute Gasteiger partial charge is 0.111 e. The standard InChI is InChI=1S/C8H11F/c1-7-2-4-8(6-9)5-3-7/h2,4H,3,5-6H2,1H3. The van der Waals surface area contributed by atoms with Gasteiger partial charge >= 0.3 is 0 Å². The summed E-state index contributed by atoms with van der Waals surface area (Å²) in [5, 5.41) is 0. The van der Waals surface area contributed by atoms with Gasteiger partial charge in [-0.3, -0.25) is 0 Å². The highest BCUT2D eigenvalue weighted by molar-refractivity contribution is 5.22. The average molecular weight is 126 g/mol. The topological polar surface area (TPSA) is 0 Å². The maximum absolute atomic E-state index is 11.9. The van der Waals surface area contributed by atoms with E-state index in [4.69, 9.17) is 0 Å². The van der Waals surface area contributed by atoms with E-state index in [1.165, 1.54) is 5.57 Å². The summed E-state index contributed by atoms with van der Waals surface area (Å²) in [5.74, 6) is 0. The van der Waals surface area contributed by atoms with E-state index in [1.807, 2.05) is 12.2 Å². The maximum atomic E-state index is 11.9. The van der Waals surface area contributed by atoms with Crippen LogP contribution in [0.25, 0.3) is 0 Å². The summed E-state index contributed by atoms with van der Waals surface area (Å²) in [6, 6.07) is 0. The first-order valence-corrected chi connectivity index (χ1v) is 3.24. The molecule has 0 saturated carbocycles. The Morgan fingerprint density at radius 1 is 1.44 bits per heavy atom. The van der Waals surface area contributed by atoms with Crippen LogP contribution in [0.15, 0.2) is 23.3 Å². The van der Waals surface area contributed by atoms with Crippen molar-refractivity contribution in [1.29, 1.82) is 0 Å². The van der Waals surface area contributed by atoms with Gasteiger partial charge in [0.1, 0.15) is 6.67 Å². The Morgan fingerprint density at radius 2 is 2.22 bits per heavy atom. The molecule has 1 aliphatic rings. The lowest BCUT2D eigenvalue weighted by Gasteiger charge is -2.07. The Hall–Kier alpha value is -0.590. The first-order valence-electron chi connectivity index (χ1n) is 3.24. The van der Waals surface area contributed by atoms with Gasteiger partial charge < -0.3 is 0 Å². The van der Waals surface area contributed by atoms with Crippen LogP contribution in [0.5, 0.6) is 0 Å². The molecule has 9 heavy (non-hydrogen) atoms. The van der Waals surface area contributed by atoms with Gasteiger partial charge in [-0.05, 0) is 25.3 Å². The second-order valence-electron chi connectivity index (χ2n) is 2.47. The van der Waals surface area contributed by atoms with Crippen molar-refractivity contribution in [3.63, 3.8) is 0 Å². The fraction of sp³-hybridized carbons (Fsp3) is 0.500. The minimum Gasteiger partial charge on any atom is -0.246 e. The van der Waals surface area contributed by atoms with E-state index < -0.39 is 0 Å². The lowest BCUT2D eigenvalue weighted by atomic mass is 10.0. The second kappa shape index (κ2) is 2.81. The number of rotatable bonds is 1. The molecule has 0 unspecified atom stereocenters. The minimum atomic E-state index is -0.274. The lowest BCUT2D eigenvalue weighted by molar-refractivity contribution is 0.529. The van der Waals surface area contributed by atoms with E-state index in [0.29, 0.717) is 0 Å². The molecule has 1 aliphatic carbocycles. The van der Waals surface area contributed by atoms with Crippen molar-refractivity contribution >= 4 is 0 Å². The zero-order chi connectivity index (χ0) is 6.69. The molecule has 0 N–H and O–H groups in total. The monoisotopic (exact) mass is 126 g/mol. The Kier molecular flexibility index (Phi) is 2.04. The van der Waals surface area contributed by atoms with Crippen molar-refractivity contribution in [3.05, 3.63) is 23.3 Å². The van der Waals surface area contributed by atoms with Gasteiger partial charge in [-0.25, -0.2) is 4.39 Å². The summed E-state index contributed by atoms with van der Waals surface area (Å²) in [6.45, 7) is 1.80. The van der Waals surface area contributed by atoms with Crippen molar-refractivity contribution in [2.75, 3.05) is 6.67 Å². The van der Waals surface area contributed by atoms with Gasteiger partial charge in [0.05, 0.1) is 0 Å². The molecule has 0 radical (unpaired) electrons. The number of hydrogen-bond acceptors (Lipinski definition) is 0. The summed E-state index contributed by atoms with van der Waals surface area (Å²) in [4.78, 5) is 0. The van der Waals surface area contributed by atoms with Crippen LogP contribution in [0, 0.1) is 0 Å². The molecule has 0 bridgehead atoms. The largest absolute Gasteiger partial charge is 0.246 e. The summed E-state index contributed by atoms with van der Waals surface area (Å²) in [7, 11) is 0. The Morgan fingerprint density at radius 3 is 2.67 bits per heavy atom. The zero-order valence-corrected chi connectivity index (χ0v) is 5.65. The molecule has 0 aromatic carbocycles. The summed E-state index contributed by atoms with van der Waals surface area (Å²) in [5.41, 5.74) is 2.29. The van der Waals surface area contributed by atoms with E-state index in [0.717, 1.165) is 18.4 Å². The van der Waals surface area contributed by atoms with E-state index in [-0.39, 0.29) is 6.67 Å². The molecular formula is C8H11F. The molecule has 50 valence electrons. The molecule has 0 heterocycles. The third-order valence-electron chi connectivity index (χ3n) is 1.62. The van der Waals surface area contributed by atoms with Gasteiger partial charge in [-0.2, -0.15) is 0 Å². The fourth-order valence-corrected chi connectivity index (χ4v) is 0.896. The van der Waals surface area contributed by atoms with Crippen molar-refractivity contribution in [1.82, 2.24) is 0 Å². The number of hydrogen-bond donors (Lipinski definition) is 0. The molecule has 0 atom stereocenters. The van der Waals surface area contributed by atoms with Crippen LogP contribution in [0.4, 0.5) is 4.39 Å². The Labute approximate surface area is 55.1 Å². The normalized spacial score (nSPS) is 18.9. The van der Waals surface area contributed by atoms with Gasteiger partial charge in [-0.1, -0.05) is 17.7 Å². The van der Waals surface area contributed by atoms with Gasteiger partial charge in [0, 0.05) is 0 Å². The molecule has 0 saturated heterocycles. The van der Waals surface area contributed by atoms with Crippen LogP contribution in [0.2, 0.25) is 0 Å². The van der Waals surface area contributed by atoms with E-state index >= 15 is 0 Å². The molecule has 1 rings (SSSR count). The first kappa shape index (κ1) is 6.53. The highest BCUT2D eigenvalue weighted by Gasteiger charge is 2.00. The quantitative estimate of drug-likeness (QED) is 0.506. The Balaban J connectivity index is 2.59. The van der Waals surface area contributed by atoms with Crippen molar-refractivity contribution < 1.29 is 4.39 Å². The molecule has 0 aromatic heterocycles. The SMILES string of the molecule is CC1=CC=C(CF)CC1. The zero-order valence-electron chi connectivity index (χ0n) is 5.65. The lowest BCUT2D eigenvalue weighted by Crippen LogP contribution is -1.91. The van der Waals surface area contributed by atoms with E-state index in [1.54, 1.807) is 0 Å². The highest BCUT2D eigenvalue weighted by atomic mass is 19.1. The van der Waals surface area contributed by atoms with Crippen LogP contribution in [0.1, 0.15) is 19.8 Å². The van der Waals surface area contributed by atoms with Crippen LogP contribution in [0.3, 0.4) is 0 Å². The molecule has 0 aromatic rings. The summed E-state index contributed by atoms with van der Waals surface area (Å²) in [6.07, 6.45) is 5.84. The third kappa shape index (κ3) is 1.67. The van der Waals surface area contributed by atoms with Gasteiger partial charge in [0.25, 0.3) is 0 Å². The van der Waals surface area contributed by atoms with Gasteiger partial charge in [-0.15, -0.1) is 0 Å². The van der Waals surface area contributed by atoms with Gasteiger partial charge in [0.15, 0.2) is 0 Å². The molecule has 0 nitrogen and oxygen atoms in total. The predicted molar refractivity (Wildman–Crippen MR) is 37.0 cm³/mol. The molecule has 0 fully saturated rings. The van der Waals surface area contributed by atoms with Gasteiger partial charge in [0.2, 0.25) is 0 Å². The molecule has 0 amide bonds. The van der Waals surface area contributed by atoms with Crippen molar-refractivity contribution in [2.24, 2.45) is 0 Å². The molecular weight excluding hydrogens is 115 g/mol. The van der Waals surface area contributed by atoms with Crippen LogP contribution in [-0.2, 0) is 0 Å². The summed E-state index contributed by atoms with van der Waals surface area (Å²) < 4.78 is 11.9. The van der Waals surface area contributed by atoms with Crippen LogP contribution < -0.4 is 0 Å². The molecule has 1 heteroatoms. The van der Waals surface area contributed by atoms with Crippen molar-refractivity contribution in [2.45, 2.75) is 19.8 Å². The molecule has 0 spiro atoms. The second-order valence-corrected chi connectivity index (χ2v) is 2.47. The highest BCUT2D eigenvalue weighted by Crippen LogP contribution is 2.17. The maximum Gasteiger partial charge on any atom is 0.111 e. The molecule has 0 aliphatic heterocycles. The average Bonchev–Trinajstić information content (AvgIpc) is 1.90. The Bertz CT molecular complexity index is 154. The fourth-order valence-electron chi connectivity index (χ4n) is 0.896. The number of allylic oxidation sites excluding steroid dienone is 4. The first-order chi connectivity index (χ1) is 4.33. The third-order valence-corrected chi connectivity index (χ3v) is 1.62.